The quantitative estimate of drug-likeness (QED) is 0.197. The van der Waals surface area contributed by atoms with Crippen LogP contribution < -0.4 is 0 Å². The monoisotopic (exact) mass is 548 g/mol. The molecule has 3 saturated heterocycles. The van der Waals surface area contributed by atoms with Gasteiger partial charge < -0.3 is 24.4 Å². The van der Waals surface area contributed by atoms with E-state index in [9.17, 15) is 19.5 Å². The van der Waals surface area contributed by atoms with E-state index in [1.165, 1.54) is 0 Å². The normalized spacial score (nSPS) is 30.9. The maximum absolute atomic E-state index is 14.2. The number of nitrogens with zero attached hydrogens (tertiary/aromatic N) is 2. The predicted molar refractivity (Wildman–Crippen MR) is 132 cm³/mol. The molecular formula is C26H33BrN2O6. The van der Waals surface area contributed by atoms with E-state index in [4.69, 9.17) is 9.47 Å². The minimum atomic E-state index is -1.11. The first-order valence-corrected chi connectivity index (χ1v) is 13.1. The van der Waals surface area contributed by atoms with Crippen LogP contribution in [0.25, 0.3) is 0 Å². The number of esters is 1. The number of aliphatic hydroxyl groups excluding tert-OH is 1. The number of fused-ring (bicyclic) bond motifs is 1. The van der Waals surface area contributed by atoms with Crippen molar-refractivity contribution in [2.75, 3.05) is 26.3 Å². The van der Waals surface area contributed by atoms with E-state index in [2.05, 4.69) is 22.5 Å². The number of hydrogen-bond acceptors (Lipinski definition) is 6. The number of carbonyl (C=O) groups is 3. The molecule has 1 spiro atoms. The third-order valence-corrected chi connectivity index (χ3v) is 8.11. The number of carbonyl (C=O) groups excluding carboxylic acids is 3. The summed E-state index contributed by atoms with van der Waals surface area (Å²) in [5, 5.41) is 9.30. The van der Waals surface area contributed by atoms with Crippen molar-refractivity contribution in [2.45, 2.75) is 55.3 Å². The Labute approximate surface area is 214 Å². The van der Waals surface area contributed by atoms with Gasteiger partial charge in [-0.2, -0.15) is 0 Å². The molecule has 0 saturated carbocycles. The Morgan fingerprint density at radius 3 is 2.74 bits per heavy atom. The Balaban J connectivity index is 1.72. The van der Waals surface area contributed by atoms with Crippen LogP contribution in [-0.4, -0.2) is 81.6 Å². The fourth-order valence-electron chi connectivity index (χ4n) is 5.92. The summed E-state index contributed by atoms with van der Waals surface area (Å²) in [6.07, 6.45) is 2.64. The van der Waals surface area contributed by atoms with Gasteiger partial charge in [0.2, 0.25) is 11.8 Å². The predicted octanol–water partition coefficient (Wildman–Crippen LogP) is 2.28. The lowest BCUT2D eigenvalue weighted by atomic mass is 9.70. The Kier molecular flexibility index (Phi) is 7.98. The number of alkyl halides is 1. The average molecular weight is 549 g/mol. The Bertz CT molecular complexity index is 958. The number of benzene rings is 1. The average Bonchev–Trinajstić information content (AvgIpc) is 3.43. The maximum Gasteiger partial charge on any atom is 0.312 e. The molecule has 2 bridgehead atoms. The third kappa shape index (κ3) is 4.54. The number of ether oxygens (including phenoxy) is 2. The van der Waals surface area contributed by atoms with E-state index in [1.807, 2.05) is 30.3 Å². The maximum atomic E-state index is 14.2. The van der Waals surface area contributed by atoms with Crippen molar-refractivity contribution in [3.05, 3.63) is 48.6 Å². The van der Waals surface area contributed by atoms with Gasteiger partial charge in [-0.25, -0.2) is 0 Å². The summed E-state index contributed by atoms with van der Waals surface area (Å²) < 4.78 is 11.8. The lowest BCUT2D eigenvalue weighted by Gasteiger charge is -2.37. The van der Waals surface area contributed by atoms with Gasteiger partial charge in [-0.15, -0.1) is 6.58 Å². The Hall–Kier alpha value is -2.23. The van der Waals surface area contributed by atoms with Crippen LogP contribution in [0.1, 0.15) is 31.7 Å². The highest BCUT2D eigenvalue weighted by molar-refractivity contribution is 9.09. The number of hydrogen-bond donors (Lipinski definition) is 1. The molecule has 3 heterocycles. The van der Waals surface area contributed by atoms with Crippen molar-refractivity contribution >= 4 is 33.7 Å². The van der Waals surface area contributed by atoms with Crippen LogP contribution in [0.5, 0.6) is 0 Å². The second kappa shape index (κ2) is 10.8. The largest absolute Gasteiger partial charge is 0.466 e. The van der Waals surface area contributed by atoms with Crippen LogP contribution in [0.15, 0.2) is 43.0 Å². The number of halogens is 1. The fraction of sp³-hybridized carbons (Fsp3) is 0.577. The zero-order valence-corrected chi connectivity index (χ0v) is 21.6. The van der Waals surface area contributed by atoms with Gasteiger partial charge in [0, 0.05) is 31.1 Å². The van der Waals surface area contributed by atoms with E-state index in [0.29, 0.717) is 38.9 Å². The van der Waals surface area contributed by atoms with Crippen molar-refractivity contribution < 1.29 is 29.0 Å². The first kappa shape index (κ1) is 25.9. The fourth-order valence-corrected chi connectivity index (χ4v) is 6.86. The van der Waals surface area contributed by atoms with E-state index in [1.54, 1.807) is 22.8 Å². The standard InChI is InChI=1S/C26H33BrN2O6/c1-3-12-28(16-17-10-6-5-7-11-17)24(32)22-26-15-18(27)21(35-26)19(25(33)34-4-2)20(26)23(31)29(22)13-8-9-14-30/h3,5-7,10-11,18-22,30H,1,4,8-9,12-16H2,2H3/t18?,19-,20+,21-,22?,26?/m1/s1. The highest BCUT2D eigenvalue weighted by Gasteiger charge is 2.77. The summed E-state index contributed by atoms with van der Waals surface area (Å²) >= 11 is 3.65. The smallest absolute Gasteiger partial charge is 0.312 e. The van der Waals surface area contributed by atoms with Gasteiger partial charge in [0.05, 0.1) is 24.5 Å². The van der Waals surface area contributed by atoms with E-state index < -0.39 is 35.6 Å². The Morgan fingerprint density at radius 1 is 1.34 bits per heavy atom. The second-order valence-electron chi connectivity index (χ2n) is 9.37. The molecule has 190 valence electrons. The Morgan fingerprint density at radius 2 is 2.09 bits per heavy atom. The molecule has 4 rings (SSSR count). The van der Waals surface area contributed by atoms with Gasteiger partial charge >= 0.3 is 5.97 Å². The van der Waals surface area contributed by atoms with E-state index in [-0.39, 0.29) is 29.9 Å². The molecule has 3 aliphatic heterocycles. The number of unbranched alkanes of at least 4 members (excludes halogenated alkanes) is 1. The molecule has 2 amide bonds. The SMILES string of the molecule is C=CCN(Cc1ccccc1)C(=O)C1N(CCCCO)C(=O)[C@@H]2[C@@H](C(=O)OCC)[C@@H]3OC12CC3Br. The van der Waals surface area contributed by atoms with Crippen molar-refractivity contribution in [1.82, 2.24) is 9.80 Å². The third-order valence-electron chi connectivity index (χ3n) is 7.27. The van der Waals surface area contributed by atoms with Gasteiger partial charge in [-0.05, 0) is 31.7 Å². The zero-order valence-electron chi connectivity index (χ0n) is 20.0. The summed E-state index contributed by atoms with van der Waals surface area (Å²) in [7, 11) is 0. The molecule has 3 aliphatic rings. The van der Waals surface area contributed by atoms with Crippen molar-refractivity contribution in [1.29, 1.82) is 0 Å². The van der Waals surface area contributed by atoms with Gasteiger partial charge in [0.1, 0.15) is 11.6 Å². The lowest BCUT2D eigenvalue weighted by molar-refractivity contribution is -0.154. The first-order valence-electron chi connectivity index (χ1n) is 12.2. The minimum absolute atomic E-state index is 0.000684. The summed E-state index contributed by atoms with van der Waals surface area (Å²) in [5.41, 5.74) is -0.146. The van der Waals surface area contributed by atoms with Gasteiger partial charge in [0.15, 0.2) is 0 Å². The molecule has 6 atom stereocenters. The van der Waals surface area contributed by atoms with Crippen molar-refractivity contribution in [2.24, 2.45) is 11.8 Å². The van der Waals surface area contributed by atoms with Crippen LogP contribution in [0.4, 0.5) is 0 Å². The summed E-state index contributed by atoms with van der Waals surface area (Å²) in [5.74, 6) is -2.47. The molecule has 3 unspecified atom stereocenters. The van der Waals surface area contributed by atoms with Gasteiger partial charge in [-0.3, -0.25) is 14.4 Å². The molecule has 0 aliphatic carbocycles. The van der Waals surface area contributed by atoms with Crippen molar-refractivity contribution in [3.63, 3.8) is 0 Å². The molecule has 0 radical (unpaired) electrons. The van der Waals surface area contributed by atoms with E-state index in [0.717, 1.165) is 5.56 Å². The number of amides is 2. The number of rotatable bonds is 11. The van der Waals surface area contributed by atoms with Crippen LogP contribution in [0, 0.1) is 11.8 Å². The zero-order chi connectivity index (χ0) is 25.2. The van der Waals surface area contributed by atoms with Crippen LogP contribution in [0.3, 0.4) is 0 Å². The molecule has 35 heavy (non-hydrogen) atoms. The van der Waals surface area contributed by atoms with Gasteiger partial charge in [0.25, 0.3) is 0 Å². The molecule has 0 aromatic heterocycles. The first-order chi connectivity index (χ1) is 16.9. The molecule has 1 aromatic rings. The number of aliphatic hydroxyl groups is 1. The molecule has 3 fully saturated rings. The lowest BCUT2D eigenvalue weighted by Crippen LogP contribution is -2.56. The highest BCUT2D eigenvalue weighted by Crippen LogP contribution is 2.60. The molecule has 1 N–H and O–H groups in total. The van der Waals surface area contributed by atoms with Crippen LogP contribution in [0.2, 0.25) is 0 Å². The van der Waals surface area contributed by atoms with Crippen LogP contribution in [-0.2, 0) is 30.4 Å². The minimum Gasteiger partial charge on any atom is -0.466 e. The summed E-state index contributed by atoms with van der Waals surface area (Å²) in [4.78, 5) is 44.1. The molecule has 9 heteroatoms. The highest BCUT2D eigenvalue weighted by atomic mass is 79.9. The van der Waals surface area contributed by atoms with Crippen LogP contribution >= 0.6 is 15.9 Å². The molecule has 1 aromatic carbocycles. The summed E-state index contributed by atoms with van der Waals surface area (Å²) in [6, 6.07) is 8.79. The molecule has 8 nitrogen and oxygen atoms in total. The number of likely N-dealkylation sites (tertiary alicyclic amines) is 1. The van der Waals surface area contributed by atoms with Gasteiger partial charge in [-0.1, -0.05) is 52.3 Å². The molecular weight excluding hydrogens is 516 g/mol. The second-order valence-corrected chi connectivity index (χ2v) is 10.5. The van der Waals surface area contributed by atoms with E-state index >= 15 is 0 Å². The summed E-state index contributed by atoms with van der Waals surface area (Å²) in [6.45, 7) is 6.74. The van der Waals surface area contributed by atoms with Crippen molar-refractivity contribution in [3.8, 4) is 0 Å². The topological polar surface area (TPSA) is 96.4 Å².